The summed E-state index contributed by atoms with van der Waals surface area (Å²) in [6.45, 7) is -0.323. The van der Waals surface area contributed by atoms with Gasteiger partial charge in [0.1, 0.15) is 6.10 Å². The molecule has 0 aliphatic carbocycles. The van der Waals surface area contributed by atoms with Gasteiger partial charge in [0.25, 0.3) is 0 Å². The summed E-state index contributed by atoms with van der Waals surface area (Å²) in [5.41, 5.74) is 0. The summed E-state index contributed by atoms with van der Waals surface area (Å²) >= 11 is 0. The number of hydrogen-bond acceptors (Lipinski definition) is 4. The van der Waals surface area contributed by atoms with E-state index in [4.69, 9.17) is 10.2 Å². The highest BCUT2D eigenvalue weighted by Gasteiger charge is 2.09. The summed E-state index contributed by atoms with van der Waals surface area (Å²) in [4.78, 5) is 9.30. The van der Waals surface area contributed by atoms with Crippen molar-refractivity contribution in [3.05, 3.63) is 10.1 Å². The second-order valence-electron chi connectivity index (χ2n) is 2.39. The Bertz CT molecular complexity index is 117. The third kappa shape index (κ3) is 7.21. The van der Waals surface area contributed by atoms with Crippen LogP contribution in [0.4, 0.5) is 0 Å². The fourth-order valence-corrected chi connectivity index (χ4v) is 0.755. The Morgan fingerprint density at radius 1 is 1.45 bits per heavy atom. The van der Waals surface area contributed by atoms with Gasteiger partial charge < -0.3 is 10.2 Å². The van der Waals surface area contributed by atoms with E-state index in [2.05, 4.69) is 0 Å². The molecule has 1 unspecified atom stereocenters. The molecule has 0 bridgehead atoms. The van der Waals surface area contributed by atoms with Crippen molar-refractivity contribution in [2.45, 2.75) is 25.4 Å². The van der Waals surface area contributed by atoms with Crippen molar-refractivity contribution in [1.82, 2.24) is 0 Å². The van der Waals surface area contributed by atoms with Crippen LogP contribution in [0.15, 0.2) is 0 Å². The summed E-state index contributed by atoms with van der Waals surface area (Å²) in [7, 11) is 0. The maximum absolute atomic E-state index is 9.84. The maximum atomic E-state index is 9.84. The van der Waals surface area contributed by atoms with Gasteiger partial charge in [-0.05, 0) is 19.3 Å². The lowest BCUT2D eigenvalue weighted by molar-refractivity contribution is -0.490. The van der Waals surface area contributed by atoms with E-state index < -0.39 is 17.6 Å². The van der Waals surface area contributed by atoms with Crippen molar-refractivity contribution in [2.75, 3.05) is 13.2 Å². The second-order valence-corrected chi connectivity index (χ2v) is 2.39. The molecule has 0 heterocycles. The Morgan fingerprint density at radius 3 is 2.55 bits per heavy atom. The van der Waals surface area contributed by atoms with Crippen LogP contribution in [0.25, 0.3) is 0 Å². The summed E-state index contributed by atoms with van der Waals surface area (Å²) in [5, 5.41) is 27.1. The fourth-order valence-electron chi connectivity index (χ4n) is 0.755. The van der Waals surface area contributed by atoms with Gasteiger partial charge in [0.2, 0.25) is 6.54 Å². The van der Waals surface area contributed by atoms with Gasteiger partial charge in [0.05, 0.1) is 0 Å². The molecule has 0 saturated carbocycles. The minimum absolute atomic E-state index is 0.0746. The van der Waals surface area contributed by atoms with Gasteiger partial charge in [-0.25, -0.2) is 0 Å². The molecule has 0 aromatic heterocycles. The van der Waals surface area contributed by atoms with Crippen molar-refractivity contribution in [2.24, 2.45) is 0 Å². The van der Waals surface area contributed by atoms with Gasteiger partial charge in [-0.2, -0.15) is 0 Å². The van der Waals surface area contributed by atoms with Crippen LogP contribution in [0.1, 0.15) is 19.3 Å². The first-order valence-electron chi connectivity index (χ1n) is 3.57. The number of unbranched alkanes of at least 4 members (excludes halogenated alkanes) is 1. The zero-order valence-corrected chi connectivity index (χ0v) is 6.27. The molecule has 0 amide bonds. The third-order valence-corrected chi connectivity index (χ3v) is 1.31. The van der Waals surface area contributed by atoms with Crippen molar-refractivity contribution in [3.8, 4) is 0 Å². The number of hydrogen-bond donors (Lipinski definition) is 2. The van der Waals surface area contributed by atoms with Crippen molar-refractivity contribution < 1.29 is 15.1 Å². The van der Waals surface area contributed by atoms with E-state index in [1.807, 2.05) is 0 Å². The van der Waals surface area contributed by atoms with Gasteiger partial charge in [0.15, 0.2) is 0 Å². The molecule has 5 heteroatoms. The first-order valence-corrected chi connectivity index (χ1v) is 3.57. The highest BCUT2D eigenvalue weighted by atomic mass is 16.6. The molecule has 0 aromatic carbocycles. The molecule has 11 heavy (non-hydrogen) atoms. The fraction of sp³-hybridized carbons (Fsp3) is 1.00. The van der Waals surface area contributed by atoms with Crippen LogP contribution in [-0.2, 0) is 0 Å². The Hall–Kier alpha value is -0.680. The topological polar surface area (TPSA) is 83.6 Å². The van der Waals surface area contributed by atoms with E-state index in [9.17, 15) is 10.1 Å². The first kappa shape index (κ1) is 10.3. The number of nitro groups is 1. The van der Waals surface area contributed by atoms with Gasteiger partial charge in [0, 0.05) is 11.5 Å². The van der Waals surface area contributed by atoms with E-state index in [1.54, 1.807) is 0 Å². The van der Waals surface area contributed by atoms with E-state index in [0.29, 0.717) is 19.3 Å². The molecule has 0 radical (unpaired) electrons. The molecule has 0 fully saturated rings. The van der Waals surface area contributed by atoms with E-state index >= 15 is 0 Å². The predicted octanol–water partition coefficient (Wildman–Crippen LogP) is -0.213. The molecule has 0 aromatic rings. The number of nitrogens with zero attached hydrogens (tertiary/aromatic N) is 1. The first-order chi connectivity index (χ1) is 5.16. The molecule has 0 aliphatic rings. The van der Waals surface area contributed by atoms with Gasteiger partial charge in [-0.1, -0.05) is 0 Å². The lowest BCUT2D eigenvalue weighted by Gasteiger charge is -2.03. The molecule has 0 aliphatic heterocycles. The van der Waals surface area contributed by atoms with Gasteiger partial charge >= 0.3 is 0 Å². The lowest BCUT2D eigenvalue weighted by atomic mass is 10.1. The van der Waals surface area contributed by atoms with Crippen molar-refractivity contribution in [3.63, 3.8) is 0 Å². The molecule has 0 rings (SSSR count). The normalized spacial score (nSPS) is 12.9. The molecule has 0 saturated heterocycles. The summed E-state index contributed by atoms with van der Waals surface area (Å²) < 4.78 is 0. The molecular formula is C6H13NO4. The number of rotatable bonds is 6. The molecular weight excluding hydrogens is 150 g/mol. The van der Waals surface area contributed by atoms with Crippen LogP contribution in [0.3, 0.4) is 0 Å². The van der Waals surface area contributed by atoms with Crippen molar-refractivity contribution >= 4 is 0 Å². The SMILES string of the molecule is O=[N+]([O-])CC(O)CCCCO. The Morgan fingerprint density at radius 2 is 2.09 bits per heavy atom. The monoisotopic (exact) mass is 163 g/mol. The zero-order valence-electron chi connectivity index (χ0n) is 6.27. The predicted molar refractivity (Wildman–Crippen MR) is 38.8 cm³/mol. The zero-order chi connectivity index (χ0) is 8.69. The largest absolute Gasteiger partial charge is 0.396 e. The van der Waals surface area contributed by atoms with Crippen LogP contribution < -0.4 is 0 Å². The highest BCUT2D eigenvalue weighted by molar-refractivity contribution is 4.52. The highest BCUT2D eigenvalue weighted by Crippen LogP contribution is 1.99. The minimum atomic E-state index is -0.864. The molecule has 2 N–H and O–H groups in total. The smallest absolute Gasteiger partial charge is 0.229 e. The Kier molecular flexibility index (Phi) is 5.68. The number of aliphatic hydroxyl groups is 2. The maximum Gasteiger partial charge on any atom is 0.229 e. The number of aliphatic hydroxyl groups excluding tert-OH is 2. The van der Waals surface area contributed by atoms with Crippen LogP contribution in [0, 0.1) is 10.1 Å². The van der Waals surface area contributed by atoms with Gasteiger partial charge in [-0.3, -0.25) is 10.1 Å². The average molecular weight is 163 g/mol. The van der Waals surface area contributed by atoms with Gasteiger partial charge in [-0.15, -0.1) is 0 Å². The van der Waals surface area contributed by atoms with Crippen LogP contribution in [-0.4, -0.2) is 34.4 Å². The quantitative estimate of drug-likeness (QED) is 0.322. The molecule has 66 valence electrons. The van der Waals surface area contributed by atoms with E-state index in [1.165, 1.54) is 0 Å². The summed E-state index contributed by atoms with van der Waals surface area (Å²) in [6, 6.07) is 0. The third-order valence-electron chi connectivity index (χ3n) is 1.31. The van der Waals surface area contributed by atoms with E-state index in [-0.39, 0.29) is 6.61 Å². The molecule has 0 spiro atoms. The Labute approximate surface area is 64.8 Å². The summed E-state index contributed by atoms with van der Waals surface area (Å²) in [6.07, 6.45) is 0.749. The minimum Gasteiger partial charge on any atom is -0.396 e. The van der Waals surface area contributed by atoms with Crippen LogP contribution in [0.5, 0.6) is 0 Å². The van der Waals surface area contributed by atoms with Crippen LogP contribution >= 0.6 is 0 Å². The summed E-state index contributed by atoms with van der Waals surface area (Å²) in [5.74, 6) is 0. The lowest BCUT2D eigenvalue weighted by Crippen LogP contribution is -2.19. The van der Waals surface area contributed by atoms with Crippen LogP contribution in [0.2, 0.25) is 0 Å². The average Bonchev–Trinajstić information content (AvgIpc) is 1.86. The molecule has 1 atom stereocenters. The van der Waals surface area contributed by atoms with Crippen molar-refractivity contribution in [1.29, 1.82) is 0 Å². The van der Waals surface area contributed by atoms with E-state index in [0.717, 1.165) is 0 Å². The Balaban J connectivity index is 3.22. The molecule has 5 nitrogen and oxygen atoms in total. The standard InChI is InChI=1S/C6H13NO4/c8-4-2-1-3-6(9)5-7(10)11/h6,8-9H,1-5H2. The second kappa shape index (κ2) is 6.06.